The Balaban J connectivity index is 1.46. The molecule has 0 bridgehead atoms. The fourth-order valence-corrected chi connectivity index (χ4v) is 6.00. The zero-order chi connectivity index (χ0) is 32.8. The van der Waals surface area contributed by atoms with Gasteiger partial charge in [-0.25, -0.2) is 23.1 Å². The number of nitrogens with zero attached hydrogens (tertiary/aromatic N) is 6. The lowest BCUT2D eigenvalue weighted by Crippen LogP contribution is -2.39. The van der Waals surface area contributed by atoms with E-state index in [4.69, 9.17) is 16.6 Å². The van der Waals surface area contributed by atoms with Crippen LogP contribution in [0.5, 0.6) is 0 Å². The number of carbonyl (C=O) groups excluding carboxylic acids is 1. The standard InChI is InChI=1S/C28H30ClF3N8O4S/c1-15-11-19(16(2)34-21-5-6-22(29)35-24(21)25(41)37-45(4,43)44)23-20(12-15)26(42)38(3)27(36-23)39-9-7-18(8-10-39)40-14-17(13-33-40)28(30,31)32/h5-6,11-14,16,18,34H,7-10H2,1-4H3,(H,37,41)/t16-/m1/s1. The van der Waals surface area contributed by atoms with E-state index in [1.165, 1.54) is 21.4 Å². The number of pyridine rings is 1. The number of sulfonamides is 1. The third-order valence-corrected chi connectivity index (χ3v) is 8.34. The summed E-state index contributed by atoms with van der Waals surface area (Å²) in [6.07, 6.45) is -0.804. The highest BCUT2D eigenvalue weighted by Crippen LogP contribution is 2.33. The summed E-state index contributed by atoms with van der Waals surface area (Å²) in [4.78, 5) is 37.1. The van der Waals surface area contributed by atoms with Crippen molar-refractivity contribution in [2.45, 2.75) is 44.9 Å². The van der Waals surface area contributed by atoms with Crippen molar-refractivity contribution in [3.8, 4) is 0 Å². The Morgan fingerprint density at radius 1 is 1.16 bits per heavy atom. The third kappa shape index (κ3) is 6.91. The van der Waals surface area contributed by atoms with Crippen LogP contribution in [0.4, 0.5) is 24.8 Å². The van der Waals surface area contributed by atoms with Crippen molar-refractivity contribution >= 4 is 50.1 Å². The fraction of sp³-hybridized carbons (Fsp3) is 0.393. The molecule has 1 atom stereocenters. The van der Waals surface area contributed by atoms with Gasteiger partial charge >= 0.3 is 6.18 Å². The molecule has 1 saturated heterocycles. The number of halogens is 4. The van der Waals surface area contributed by atoms with E-state index >= 15 is 0 Å². The number of hydrogen-bond donors (Lipinski definition) is 2. The average Bonchev–Trinajstić information content (AvgIpc) is 3.46. The van der Waals surface area contributed by atoms with E-state index in [0.717, 1.165) is 24.2 Å². The highest BCUT2D eigenvalue weighted by Gasteiger charge is 2.33. The minimum atomic E-state index is -4.47. The lowest BCUT2D eigenvalue weighted by atomic mass is 10.0. The van der Waals surface area contributed by atoms with Crippen molar-refractivity contribution in [2.75, 3.05) is 29.6 Å². The molecule has 1 aliphatic rings. The molecule has 1 aromatic carbocycles. The summed E-state index contributed by atoms with van der Waals surface area (Å²) in [5.74, 6) is -0.563. The largest absolute Gasteiger partial charge is 0.419 e. The predicted molar refractivity (Wildman–Crippen MR) is 163 cm³/mol. The Hall–Kier alpha value is -4.18. The van der Waals surface area contributed by atoms with Gasteiger partial charge in [0.2, 0.25) is 16.0 Å². The van der Waals surface area contributed by atoms with Gasteiger partial charge in [0.05, 0.1) is 46.7 Å². The Labute approximate surface area is 261 Å². The molecular formula is C28H30ClF3N8O4S. The molecule has 1 fully saturated rings. The fourth-order valence-electron chi connectivity index (χ4n) is 5.42. The molecule has 0 unspecified atom stereocenters. The van der Waals surface area contributed by atoms with Gasteiger partial charge in [0.15, 0.2) is 5.69 Å². The van der Waals surface area contributed by atoms with Gasteiger partial charge in [-0.15, -0.1) is 0 Å². The van der Waals surface area contributed by atoms with Crippen molar-refractivity contribution in [3.63, 3.8) is 0 Å². The zero-order valence-corrected chi connectivity index (χ0v) is 26.3. The molecule has 240 valence electrons. The lowest BCUT2D eigenvalue weighted by molar-refractivity contribution is -0.137. The number of rotatable bonds is 7. The van der Waals surface area contributed by atoms with Gasteiger partial charge in [-0.1, -0.05) is 17.7 Å². The van der Waals surface area contributed by atoms with Crippen molar-refractivity contribution in [3.05, 3.63) is 74.6 Å². The SMILES string of the molecule is Cc1cc([C@@H](C)Nc2ccc(Cl)nc2C(=O)NS(C)(=O)=O)c2nc(N3CCC(n4cc(C(F)(F)F)cn4)CC3)n(C)c(=O)c2c1. The predicted octanol–water partition coefficient (Wildman–Crippen LogP) is 4.21. The number of anilines is 2. The number of fused-ring (bicyclic) bond motifs is 1. The molecule has 0 aliphatic carbocycles. The second kappa shape index (κ2) is 12.0. The third-order valence-electron chi connectivity index (χ3n) is 7.57. The topological polar surface area (TPSA) is 144 Å². The van der Waals surface area contributed by atoms with Crippen LogP contribution in [0.1, 0.15) is 59.0 Å². The van der Waals surface area contributed by atoms with Gasteiger partial charge in [-0.3, -0.25) is 18.8 Å². The van der Waals surface area contributed by atoms with Gasteiger partial charge in [-0.05, 0) is 50.5 Å². The Morgan fingerprint density at radius 2 is 1.84 bits per heavy atom. The van der Waals surface area contributed by atoms with Crippen LogP contribution >= 0.6 is 11.6 Å². The van der Waals surface area contributed by atoms with E-state index in [9.17, 15) is 31.2 Å². The summed E-state index contributed by atoms with van der Waals surface area (Å²) in [6, 6.07) is 5.77. The first-order chi connectivity index (χ1) is 21.0. The first-order valence-electron chi connectivity index (χ1n) is 13.8. The zero-order valence-electron chi connectivity index (χ0n) is 24.7. The number of aromatic nitrogens is 5. The second-order valence-electron chi connectivity index (χ2n) is 11.1. The number of piperidine rings is 1. The van der Waals surface area contributed by atoms with Crippen molar-refractivity contribution in [2.24, 2.45) is 7.05 Å². The maximum absolute atomic E-state index is 13.6. The molecule has 12 nitrogen and oxygen atoms in total. The highest BCUT2D eigenvalue weighted by atomic mass is 35.5. The molecule has 45 heavy (non-hydrogen) atoms. The van der Waals surface area contributed by atoms with Gasteiger partial charge in [0, 0.05) is 31.9 Å². The van der Waals surface area contributed by atoms with Crippen LogP contribution in [-0.2, 0) is 23.2 Å². The highest BCUT2D eigenvalue weighted by molar-refractivity contribution is 7.89. The molecule has 4 heterocycles. The summed E-state index contributed by atoms with van der Waals surface area (Å²) in [7, 11) is -2.26. The number of hydrogen-bond acceptors (Lipinski definition) is 9. The Kier molecular flexibility index (Phi) is 8.57. The van der Waals surface area contributed by atoms with Crippen LogP contribution in [0.25, 0.3) is 10.9 Å². The smallest absolute Gasteiger partial charge is 0.377 e. The van der Waals surface area contributed by atoms with E-state index in [1.807, 2.05) is 22.6 Å². The van der Waals surface area contributed by atoms with Gasteiger partial charge in [0.25, 0.3) is 11.5 Å². The maximum Gasteiger partial charge on any atom is 0.419 e. The Morgan fingerprint density at radius 3 is 2.47 bits per heavy atom. The van der Waals surface area contributed by atoms with Crippen LogP contribution in [0, 0.1) is 6.92 Å². The summed E-state index contributed by atoms with van der Waals surface area (Å²) >= 11 is 6.00. The lowest BCUT2D eigenvalue weighted by Gasteiger charge is -2.33. The van der Waals surface area contributed by atoms with Crippen LogP contribution < -0.4 is 20.5 Å². The molecule has 4 aromatic rings. The monoisotopic (exact) mass is 666 g/mol. The van der Waals surface area contributed by atoms with Gasteiger partial charge in [-0.2, -0.15) is 18.3 Å². The summed E-state index contributed by atoms with van der Waals surface area (Å²) < 4.78 is 67.3. The molecule has 1 aliphatic heterocycles. The van der Waals surface area contributed by atoms with Crippen LogP contribution in [0.15, 0.2) is 41.5 Å². The van der Waals surface area contributed by atoms with E-state index in [2.05, 4.69) is 15.4 Å². The van der Waals surface area contributed by atoms with Gasteiger partial charge < -0.3 is 10.2 Å². The summed E-state index contributed by atoms with van der Waals surface area (Å²) in [5.41, 5.74) is 0.751. The second-order valence-corrected chi connectivity index (χ2v) is 13.2. The molecule has 0 saturated carbocycles. The summed E-state index contributed by atoms with van der Waals surface area (Å²) in [5, 5.41) is 7.46. The first kappa shape index (κ1) is 32.2. The normalized spacial score (nSPS) is 15.3. The van der Waals surface area contributed by atoms with Crippen molar-refractivity contribution in [1.29, 1.82) is 0 Å². The van der Waals surface area contributed by atoms with E-state index in [-0.39, 0.29) is 28.1 Å². The Bertz CT molecular complexity index is 1950. The molecule has 0 spiro atoms. The number of aryl methyl sites for hydroxylation is 1. The van der Waals surface area contributed by atoms with Crippen LogP contribution in [0.3, 0.4) is 0 Å². The van der Waals surface area contributed by atoms with Crippen molar-refractivity contribution < 1.29 is 26.4 Å². The number of amides is 1. The van der Waals surface area contributed by atoms with E-state index < -0.39 is 33.7 Å². The van der Waals surface area contributed by atoms with E-state index in [0.29, 0.717) is 48.3 Å². The molecule has 5 rings (SSSR count). The number of benzene rings is 1. The molecule has 3 aromatic heterocycles. The molecule has 17 heteroatoms. The number of carbonyl (C=O) groups is 1. The average molecular weight is 667 g/mol. The minimum absolute atomic E-state index is 0.0141. The molecule has 1 amide bonds. The van der Waals surface area contributed by atoms with Crippen molar-refractivity contribution in [1.82, 2.24) is 29.0 Å². The van der Waals surface area contributed by atoms with Crippen LogP contribution in [-0.4, -0.2) is 58.0 Å². The van der Waals surface area contributed by atoms with E-state index in [1.54, 1.807) is 20.0 Å². The maximum atomic E-state index is 13.6. The number of alkyl halides is 3. The van der Waals surface area contributed by atoms with Gasteiger partial charge in [0.1, 0.15) is 5.15 Å². The molecule has 0 radical (unpaired) electrons. The number of nitrogens with one attached hydrogen (secondary N) is 2. The minimum Gasteiger partial charge on any atom is -0.377 e. The summed E-state index contributed by atoms with van der Waals surface area (Å²) in [6.45, 7) is 4.50. The quantitative estimate of drug-likeness (QED) is 0.277. The first-order valence-corrected chi connectivity index (χ1v) is 16.1. The molecule has 2 N–H and O–H groups in total. The van der Waals surface area contributed by atoms with Crippen LogP contribution in [0.2, 0.25) is 5.15 Å². The molecular weight excluding hydrogens is 637 g/mol.